The Bertz CT molecular complexity index is 488. The number of hydrogen-bond acceptors (Lipinski definition) is 2. The summed E-state index contributed by atoms with van der Waals surface area (Å²) in [5.41, 5.74) is 0.792. The molecule has 0 spiro atoms. The monoisotopic (exact) mass is 388 g/mol. The van der Waals surface area contributed by atoms with Crippen molar-refractivity contribution in [3.8, 4) is 0 Å². The van der Waals surface area contributed by atoms with Crippen LogP contribution in [-0.4, -0.2) is 18.5 Å². The number of benzene rings is 1. The van der Waals surface area contributed by atoms with Gasteiger partial charge in [-0.15, -0.1) is 0 Å². The lowest BCUT2D eigenvalue weighted by Crippen LogP contribution is -2.53. The van der Waals surface area contributed by atoms with Crippen LogP contribution in [0, 0.1) is 5.41 Å². The van der Waals surface area contributed by atoms with Crippen LogP contribution in [0.4, 0.5) is 5.69 Å². The van der Waals surface area contributed by atoms with Crippen LogP contribution in [0.5, 0.6) is 0 Å². The van der Waals surface area contributed by atoms with E-state index in [9.17, 15) is 4.79 Å². The highest BCUT2D eigenvalue weighted by molar-refractivity contribution is 9.11. The normalized spacial score (nSPS) is 22.0. The van der Waals surface area contributed by atoms with Crippen molar-refractivity contribution in [3.05, 3.63) is 27.1 Å². The molecule has 1 unspecified atom stereocenters. The van der Waals surface area contributed by atoms with Gasteiger partial charge in [0.2, 0.25) is 5.91 Å². The molecule has 1 atom stereocenters. The summed E-state index contributed by atoms with van der Waals surface area (Å²) in [7, 11) is 0. The second kappa shape index (κ2) is 5.94. The van der Waals surface area contributed by atoms with Gasteiger partial charge < -0.3 is 10.6 Å². The lowest BCUT2D eigenvalue weighted by Gasteiger charge is -2.38. The van der Waals surface area contributed by atoms with E-state index in [1.54, 1.807) is 0 Å². The molecule has 2 N–H and O–H groups in total. The smallest absolute Gasteiger partial charge is 0.242 e. The Labute approximate surface area is 130 Å². The fraction of sp³-hybridized carbons (Fsp3) is 0.500. The maximum atomic E-state index is 12.4. The van der Waals surface area contributed by atoms with E-state index < -0.39 is 0 Å². The molecule has 1 aromatic rings. The SMILES string of the molecule is CC1(C)CCCNC1C(=O)Nc1ccc(Br)cc1Br. The van der Waals surface area contributed by atoms with Crippen LogP contribution in [-0.2, 0) is 4.79 Å². The predicted molar refractivity (Wildman–Crippen MR) is 85.3 cm³/mol. The molecule has 0 bridgehead atoms. The third-order valence-electron chi connectivity index (χ3n) is 3.58. The van der Waals surface area contributed by atoms with Gasteiger partial charge in [-0.1, -0.05) is 29.8 Å². The fourth-order valence-electron chi connectivity index (χ4n) is 2.45. The van der Waals surface area contributed by atoms with E-state index in [-0.39, 0.29) is 17.4 Å². The first-order valence-corrected chi connectivity index (χ1v) is 7.98. The number of hydrogen-bond donors (Lipinski definition) is 2. The number of carbonyl (C=O) groups is 1. The van der Waals surface area contributed by atoms with Crippen molar-refractivity contribution in [1.29, 1.82) is 0 Å². The molecule has 0 radical (unpaired) electrons. The van der Waals surface area contributed by atoms with E-state index in [1.165, 1.54) is 0 Å². The zero-order valence-electron chi connectivity index (χ0n) is 11.1. The Balaban J connectivity index is 2.12. The van der Waals surface area contributed by atoms with Gasteiger partial charge in [0.25, 0.3) is 0 Å². The van der Waals surface area contributed by atoms with Crippen molar-refractivity contribution >= 4 is 43.5 Å². The summed E-state index contributed by atoms with van der Waals surface area (Å²) in [4.78, 5) is 12.4. The fourth-order valence-corrected chi connectivity index (χ4v) is 3.60. The van der Waals surface area contributed by atoms with Gasteiger partial charge in [-0.3, -0.25) is 4.79 Å². The third kappa shape index (κ3) is 3.58. The largest absolute Gasteiger partial charge is 0.324 e. The number of rotatable bonds is 2. The molecule has 1 fully saturated rings. The summed E-state index contributed by atoms with van der Waals surface area (Å²) in [5, 5.41) is 6.32. The average molecular weight is 390 g/mol. The minimum Gasteiger partial charge on any atom is -0.324 e. The molecule has 1 aliphatic rings. The van der Waals surface area contributed by atoms with Gasteiger partial charge in [0.15, 0.2) is 0 Å². The zero-order valence-corrected chi connectivity index (χ0v) is 14.3. The predicted octanol–water partition coefficient (Wildman–Crippen LogP) is 3.93. The lowest BCUT2D eigenvalue weighted by atomic mass is 9.77. The molecule has 1 saturated heterocycles. The minimum atomic E-state index is -0.142. The first-order valence-electron chi connectivity index (χ1n) is 6.39. The molecule has 104 valence electrons. The highest BCUT2D eigenvalue weighted by Gasteiger charge is 2.37. The van der Waals surface area contributed by atoms with Crippen LogP contribution in [0.2, 0.25) is 0 Å². The molecule has 5 heteroatoms. The van der Waals surface area contributed by atoms with E-state index in [1.807, 2.05) is 18.2 Å². The van der Waals surface area contributed by atoms with Gasteiger partial charge in [-0.2, -0.15) is 0 Å². The maximum Gasteiger partial charge on any atom is 0.242 e. The van der Waals surface area contributed by atoms with Crippen LogP contribution in [0.25, 0.3) is 0 Å². The molecule has 3 nitrogen and oxygen atoms in total. The van der Waals surface area contributed by atoms with Crippen LogP contribution >= 0.6 is 31.9 Å². The highest BCUT2D eigenvalue weighted by Crippen LogP contribution is 2.32. The van der Waals surface area contributed by atoms with Crippen LogP contribution in [0.15, 0.2) is 27.1 Å². The molecular weight excluding hydrogens is 372 g/mol. The van der Waals surface area contributed by atoms with Gasteiger partial charge in [0.05, 0.1) is 11.7 Å². The van der Waals surface area contributed by atoms with Crippen molar-refractivity contribution in [2.75, 3.05) is 11.9 Å². The Morgan fingerprint density at radius 1 is 1.42 bits per heavy atom. The quantitative estimate of drug-likeness (QED) is 0.804. The number of amides is 1. The summed E-state index contributed by atoms with van der Waals surface area (Å²) in [6, 6.07) is 5.59. The molecule has 1 aliphatic heterocycles. The first kappa shape index (κ1) is 15.0. The van der Waals surface area contributed by atoms with Crippen molar-refractivity contribution < 1.29 is 4.79 Å². The van der Waals surface area contributed by atoms with E-state index >= 15 is 0 Å². The van der Waals surface area contributed by atoms with E-state index in [0.29, 0.717) is 0 Å². The second-order valence-corrected chi connectivity index (χ2v) is 7.36. The lowest BCUT2D eigenvalue weighted by molar-refractivity contribution is -0.121. The number of piperidine rings is 1. The number of halogens is 2. The molecule has 0 aliphatic carbocycles. The standard InChI is InChI=1S/C14H18Br2N2O/c1-14(2)6-3-7-17-12(14)13(19)18-11-5-4-9(15)8-10(11)16/h4-5,8,12,17H,3,6-7H2,1-2H3,(H,18,19). The molecule has 19 heavy (non-hydrogen) atoms. The van der Waals surface area contributed by atoms with E-state index in [0.717, 1.165) is 34.0 Å². The van der Waals surface area contributed by atoms with Gasteiger partial charge in [-0.05, 0) is 58.9 Å². The zero-order chi connectivity index (χ0) is 14.0. The Morgan fingerprint density at radius 3 is 2.79 bits per heavy atom. The first-order chi connectivity index (χ1) is 8.90. The summed E-state index contributed by atoms with van der Waals surface area (Å²) >= 11 is 6.87. The Morgan fingerprint density at radius 2 is 2.16 bits per heavy atom. The molecule has 1 heterocycles. The topological polar surface area (TPSA) is 41.1 Å². The van der Waals surface area contributed by atoms with Crippen LogP contribution in [0.3, 0.4) is 0 Å². The number of anilines is 1. The molecule has 0 saturated carbocycles. The van der Waals surface area contributed by atoms with Gasteiger partial charge in [-0.25, -0.2) is 0 Å². The molecule has 0 aromatic heterocycles. The molecular formula is C14H18Br2N2O. The second-order valence-electron chi connectivity index (χ2n) is 5.59. The van der Waals surface area contributed by atoms with E-state index in [4.69, 9.17) is 0 Å². The van der Waals surface area contributed by atoms with Crippen LogP contribution < -0.4 is 10.6 Å². The third-order valence-corrected chi connectivity index (χ3v) is 4.73. The average Bonchev–Trinajstić information content (AvgIpc) is 2.32. The number of nitrogens with one attached hydrogen (secondary N) is 2. The molecule has 1 aromatic carbocycles. The van der Waals surface area contributed by atoms with E-state index in [2.05, 4.69) is 56.3 Å². The van der Waals surface area contributed by atoms with Crippen molar-refractivity contribution in [2.45, 2.75) is 32.7 Å². The van der Waals surface area contributed by atoms with Crippen LogP contribution in [0.1, 0.15) is 26.7 Å². The molecule has 2 rings (SSSR count). The summed E-state index contributed by atoms with van der Waals surface area (Å²) in [6.07, 6.45) is 2.19. The Hall–Kier alpha value is -0.390. The van der Waals surface area contributed by atoms with Crippen molar-refractivity contribution in [3.63, 3.8) is 0 Å². The minimum absolute atomic E-state index is 0.00975. The van der Waals surface area contributed by atoms with Crippen molar-refractivity contribution in [1.82, 2.24) is 5.32 Å². The van der Waals surface area contributed by atoms with Crippen molar-refractivity contribution in [2.24, 2.45) is 5.41 Å². The van der Waals surface area contributed by atoms with Gasteiger partial charge in [0.1, 0.15) is 0 Å². The van der Waals surface area contributed by atoms with Gasteiger partial charge >= 0.3 is 0 Å². The number of carbonyl (C=O) groups excluding carboxylic acids is 1. The summed E-state index contributed by atoms with van der Waals surface area (Å²) in [6.45, 7) is 5.18. The summed E-state index contributed by atoms with van der Waals surface area (Å²) < 4.78 is 1.86. The summed E-state index contributed by atoms with van der Waals surface area (Å²) in [5.74, 6) is 0.0349. The Kier molecular flexibility index (Phi) is 4.69. The maximum absolute atomic E-state index is 12.4. The highest BCUT2D eigenvalue weighted by atomic mass is 79.9. The van der Waals surface area contributed by atoms with Gasteiger partial charge in [0, 0.05) is 8.95 Å². The molecule has 1 amide bonds.